The molecule has 0 atom stereocenters. The van der Waals surface area contributed by atoms with E-state index in [1.54, 1.807) is 6.21 Å². The molecule has 0 spiro atoms. The molecular formula is C5H5N3. The Morgan fingerprint density at radius 1 is 1.88 bits per heavy atom. The topological polar surface area (TPSA) is 62.2 Å². The first-order valence-electron chi connectivity index (χ1n) is 2.26. The van der Waals surface area contributed by atoms with Gasteiger partial charge in [0.05, 0.1) is 11.6 Å². The van der Waals surface area contributed by atoms with E-state index in [2.05, 4.69) is 4.99 Å². The Morgan fingerprint density at radius 2 is 2.62 bits per heavy atom. The second kappa shape index (κ2) is 1.66. The SMILES string of the molecule is N#CC1=C(N)N=CC1. The molecule has 0 saturated carbocycles. The third-order valence-corrected chi connectivity index (χ3v) is 0.970. The summed E-state index contributed by atoms with van der Waals surface area (Å²) in [7, 11) is 0. The molecule has 0 fully saturated rings. The van der Waals surface area contributed by atoms with Crippen molar-refractivity contribution in [2.75, 3.05) is 0 Å². The Morgan fingerprint density at radius 3 is 2.88 bits per heavy atom. The number of nitriles is 1. The van der Waals surface area contributed by atoms with Crippen molar-refractivity contribution in [2.24, 2.45) is 10.7 Å². The maximum atomic E-state index is 8.27. The van der Waals surface area contributed by atoms with Crippen LogP contribution in [0.2, 0.25) is 0 Å². The molecule has 0 aliphatic carbocycles. The van der Waals surface area contributed by atoms with Crippen LogP contribution in [0, 0.1) is 11.3 Å². The second-order valence-electron chi connectivity index (χ2n) is 1.49. The first kappa shape index (κ1) is 4.85. The lowest BCUT2D eigenvalue weighted by molar-refractivity contribution is 1.22. The van der Waals surface area contributed by atoms with Gasteiger partial charge < -0.3 is 5.73 Å². The van der Waals surface area contributed by atoms with E-state index < -0.39 is 0 Å². The van der Waals surface area contributed by atoms with Crippen LogP contribution in [-0.2, 0) is 0 Å². The summed E-state index contributed by atoms with van der Waals surface area (Å²) in [5.41, 5.74) is 5.82. The van der Waals surface area contributed by atoms with Crippen molar-refractivity contribution in [3.8, 4) is 6.07 Å². The molecule has 0 amide bonds. The van der Waals surface area contributed by atoms with Gasteiger partial charge >= 0.3 is 0 Å². The molecule has 3 heteroatoms. The smallest absolute Gasteiger partial charge is 0.137 e. The van der Waals surface area contributed by atoms with E-state index in [9.17, 15) is 0 Å². The molecular weight excluding hydrogens is 102 g/mol. The summed E-state index contributed by atoms with van der Waals surface area (Å²) < 4.78 is 0. The largest absolute Gasteiger partial charge is 0.383 e. The summed E-state index contributed by atoms with van der Waals surface area (Å²) in [4.78, 5) is 3.70. The molecule has 1 rings (SSSR count). The standard InChI is InChI=1S/C5H5N3/c6-3-4-1-2-8-5(4)7/h2H,1,7H2. The Labute approximate surface area is 47.1 Å². The summed E-state index contributed by atoms with van der Waals surface area (Å²) in [5.74, 6) is 0.368. The Kier molecular flexibility index (Phi) is 1.01. The van der Waals surface area contributed by atoms with E-state index in [1.165, 1.54) is 0 Å². The van der Waals surface area contributed by atoms with Gasteiger partial charge in [-0.2, -0.15) is 5.26 Å². The monoisotopic (exact) mass is 107 g/mol. The van der Waals surface area contributed by atoms with Crippen molar-refractivity contribution < 1.29 is 0 Å². The molecule has 3 nitrogen and oxygen atoms in total. The highest BCUT2D eigenvalue weighted by Gasteiger charge is 2.03. The number of nitrogens with zero attached hydrogens (tertiary/aromatic N) is 2. The summed E-state index contributed by atoms with van der Waals surface area (Å²) in [6.45, 7) is 0. The van der Waals surface area contributed by atoms with E-state index in [-0.39, 0.29) is 0 Å². The summed E-state index contributed by atoms with van der Waals surface area (Å²) in [6, 6.07) is 1.94. The maximum Gasteiger partial charge on any atom is 0.137 e. The number of nitrogens with two attached hydrogens (primary N) is 1. The predicted octanol–water partition coefficient (Wildman–Crippen LogP) is 0.155. The molecule has 8 heavy (non-hydrogen) atoms. The Hall–Kier alpha value is -1.30. The van der Waals surface area contributed by atoms with Gasteiger partial charge in [-0.05, 0) is 0 Å². The van der Waals surface area contributed by atoms with Crippen molar-refractivity contribution >= 4 is 6.21 Å². The third kappa shape index (κ3) is 0.562. The van der Waals surface area contributed by atoms with Gasteiger partial charge in [0.2, 0.25) is 0 Å². The zero-order valence-electron chi connectivity index (χ0n) is 4.26. The minimum absolute atomic E-state index is 0.368. The van der Waals surface area contributed by atoms with Gasteiger partial charge in [-0.3, -0.25) is 0 Å². The minimum atomic E-state index is 0.368. The molecule has 0 radical (unpaired) electrons. The lowest BCUT2D eigenvalue weighted by Crippen LogP contribution is -1.92. The highest BCUT2D eigenvalue weighted by atomic mass is 14.9. The molecule has 1 heterocycles. The van der Waals surface area contributed by atoms with E-state index in [1.807, 2.05) is 6.07 Å². The molecule has 0 aromatic heterocycles. The van der Waals surface area contributed by atoms with Crippen LogP contribution in [0.25, 0.3) is 0 Å². The van der Waals surface area contributed by atoms with Crippen LogP contribution < -0.4 is 5.73 Å². The van der Waals surface area contributed by atoms with E-state index >= 15 is 0 Å². The van der Waals surface area contributed by atoms with E-state index in [4.69, 9.17) is 11.0 Å². The number of rotatable bonds is 0. The van der Waals surface area contributed by atoms with Crippen molar-refractivity contribution in [3.05, 3.63) is 11.4 Å². The molecule has 0 bridgehead atoms. The lowest BCUT2D eigenvalue weighted by Gasteiger charge is -1.83. The third-order valence-electron chi connectivity index (χ3n) is 0.970. The van der Waals surface area contributed by atoms with Gasteiger partial charge in [0.25, 0.3) is 0 Å². The van der Waals surface area contributed by atoms with E-state index in [0.29, 0.717) is 17.8 Å². The molecule has 0 aromatic rings. The zero-order valence-corrected chi connectivity index (χ0v) is 4.26. The fourth-order valence-corrected chi connectivity index (χ4v) is 0.521. The van der Waals surface area contributed by atoms with Crippen LogP contribution in [0.3, 0.4) is 0 Å². The molecule has 1 aliphatic rings. The van der Waals surface area contributed by atoms with Crippen LogP contribution in [0.1, 0.15) is 6.42 Å². The van der Waals surface area contributed by atoms with Gasteiger partial charge in [-0.1, -0.05) is 0 Å². The van der Waals surface area contributed by atoms with Crippen LogP contribution >= 0.6 is 0 Å². The fourth-order valence-electron chi connectivity index (χ4n) is 0.521. The second-order valence-corrected chi connectivity index (χ2v) is 1.49. The molecule has 1 aliphatic heterocycles. The van der Waals surface area contributed by atoms with Gasteiger partial charge in [0.1, 0.15) is 5.82 Å². The molecule has 0 aromatic carbocycles. The molecule has 2 N–H and O–H groups in total. The predicted molar refractivity (Wildman–Crippen MR) is 29.9 cm³/mol. The highest BCUT2D eigenvalue weighted by Crippen LogP contribution is 2.08. The Bertz CT molecular complexity index is 194. The number of aliphatic imine (C=N–C) groups is 1. The quantitative estimate of drug-likeness (QED) is 0.479. The minimum Gasteiger partial charge on any atom is -0.383 e. The summed E-state index contributed by atoms with van der Waals surface area (Å²) in [5, 5.41) is 8.27. The first-order chi connectivity index (χ1) is 3.84. The number of hydrogen-bond acceptors (Lipinski definition) is 3. The van der Waals surface area contributed by atoms with Gasteiger partial charge in [-0.25, -0.2) is 4.99 Å². The first-order valence-corrected chi connectivity index (χ1v) is 2.26. The molecule has 0 unspecified atom stereocenters. The molecule has 0 saturated heterocycles. The average Bonchev–Trinajstić information content (AvgIpc) is 2.14. The lowest BCUT2D eigenvalue weighted by atomic mass is 10.2. The van der Waals surface area contributed by atoms with Crippen molar-refractivity contribution in [3.63, 3.8) is 0 Å². The number of allylic oxidation sites excluding steroid dienone is 1. The summed E-state index contributed by atoms with van der Waals surface area (Å²) in [6.07, 6.45) is 2.23. The highest BCUT2D eigenvalue weighted by molar-refractivity contribution is 5.69. The van der Waals surface area contributed by atoms with Crippen LogP contribution in [-0.4, -0.2) is 6.21 Å². The number of hydrogen-bond donors (Lipinski definition) is 1. The van der Waals surface area contributed by atoms with Crippen molar-refractivity contribution in [2.45, 2.75) is 6.42 Å². The summed E-state index contributed by atoms with van der Waals surface area (Å²) >= 11 is 0. The van der Waals surface area contributed by atoms with E-state index in [0.717, 1.165) is 0 Å². The van der Waals surface area contributed by atoms with Crippen LogP contribution in [0.5, 0.6) is 0 Å². The molecule has 40 valence electrons. The van der Waals surface area contributed by atoms with Crippen molar-refractivity contribution in [1.29, 1.82) is 5.26 Å². The fraction of sp³-hybridized carbons (Fsp3) is 0.200. The van der Waals surface area contributed by atoms with Gasteiger partial charge in [-0.15, -0.1) is 0 Å². The van der Waals surface area contributed by atoms with Crippen LogP contribution in [0.15, 0.2) is 16.4 Å². The zero-order chi connectivity index (χ0) is 5.98. The van der Waals surface area contributed by atoms with Crippen molar-refractivity contribution in [1.82, 2.24) is 0 Å². The Balaban J connectivity index is 2.88. The average molecular weight is 107 g/mol. The van der Waals surface area contributed by atoms with Gasteiger partial charge in [0, 0.05) is 12.6 Å². The normalized spacial score (nSPS) is 16.9. The maximum absolute atomic E-state index is 8.27. The van der Waals surface area contributed by atoms with Gasteiger partial charge in [0.15, 0.2) is 0 Å². The van der Waals surface area contributed by atoms with Crippen LogP contribution in [0.4, 0.5) is 0 Å².